The van der Waals surface area contributed by atoms with Crippen molar-refractivity contribution in [1.29, 1.82) is 0 Å². The molecular formula is C10H8ClFO. The molecule has 0 saturated heterocycles. The van der Waals surface area contributed by atoms with Gasteiger partial charge in [-0.2, -0.15) is 0 Å². The summed E-state index contributed by atoms with van der Waals surface area (Å²) in [6.07, 6.45) is 2.92. The summed E-state index contributed by atoms with van der Waals surface area (Å²) >= 11 is 5.48. The van der Waals surface area contributed by atoms with Crippen LogP contribution >= 0.6 is 11.6 Å². The first kappa shape index (κ1) is 9.93. The van der Waals surface area contributed by atoms with Crippen LogP contribution in [0.1, 0.15) is 12.5 Å². The molecule has 0 atom stereocenters. The van der Waals surface area contributed by atoms with Crippen LogP contribution in [-0.4, -0.2) is 5.78 Å². The third-order valence-electron chi connectivity index (χ3n) is 1.45. The van der Waals surface area contributed by atoms with Crippen LogP contribution in [0.5, 0.6) is 0 Å². The molecule has 0 radical (unpaired) electrons. The third kappa shape index (κ3) is 2.99. The SMILES string of the molecule is CC(=O)/C=C/c1ccc(Cl)c(F)c1. The van der Waals surface area contributed by atoms with E-state index < -0.39 is 5.82 Å². The minimum Gasteiger partial charge on any atom is -0.295 e. The van der Waals surface area contributed by atoms with Gasteiger partial charge in [0.05, 0.1) is 5.02 Å². The highest BCUT2D eigenvalue weighted by Gasteiger charge is 1.98. The Labute approximate surface area is 80.8 Å². The quantitative estimate of drug-likeness (QED) is 0.668. The summed E-state index contributed by atoms with van der Waals surface area (Å²) in [6, 6.07) is 4.38. The van der Waals surface area contributed by atoms with Crippen LogP contribution in [0.4, 0.5) is 4.39 Å². The molecule has 0 N–H and O–H groups in total. The van der Waals surface area contributed by atoms with Crippen LogP contribution in [0.15, 0.2) is 24.3 Å². The van der Waals surface area contributed by atoms with E-state index in [1.807, 2.05) is 0 Å². The Morgan fingerprint density at radius 3 is 2.77 bits per heavy atom. The lowest BCUT2D eigenvalue weighted by atomic mass is 10.2. The van der Waals surface area contributed by atoms with E-state index in [0.717, 1.165) is 0 Å². The molecule has 13 heavy (non-hydrogen) atoms. The summed E-state index contributed by atoms with van der Waals surface area (Å²) < 4.78 is 12.9. The Bertz CT molecular complexity index is 358. The fourth-order valence-electron chi connectivity index (χ4n) is 0.830. The molecule has 0 aliphatic rings. The Balaban J connectivity index is 2.92. The number of ketones is 1. The molecule has 0 saturated carbocycles. The molecular weight excluding hydrogens is 191 g/mol. The van der Waals surface area contributed by atoms with Gasteiger partial charge in [0.2, 0.25) is 0 Å². The standard InChI is InChI=1S/C10H8ClFO/c1-7(13)2-3-8-4-5-9(11)10(12)6-8/h2-6H,1H3/b3-2+. The first-order valence-corrected chi connectivity index (χ1v) is 4.11. The van der Waals surface area contributed by atoms with Crippen molar-refractivity contribution in [3.05, 3.63) is 40.7 Å². The molecule has 0 heterocycles. The minimum absolute atomic E-state index is 0.0737. The fourth-order valence-corrected chi connectivity index (χ4v) is 0.947. The molecule has 0 aliphatic carbocycles. The molecule has 1 aromatic carbocycles. The molecule has 0 fully saturated rings. The average molecular weight is 199 g/mol. The first-order valence-electron chi connectivity index (χ1n) is 3.73. The minimum atomic E-state index is -0.479. The number of rotatable bonds is 2. The molecule has 68 valence electrons. The van der Waals surface area contributed by atoms with Gasteiger partial charge in [-0.3, -0.25) is 4.79 Å². The number of halogens is 2. The number of carbonyl (C=O) groups is 1. The van der Waals surface area contributed by atoms with E-state index in [9.17, 15) is 9.18 Å². The van der Waals surface area contributed by atoms with E-state index in [-0.39, 0.29) is 10.8 Å². The van der Waals surface area contributed by atoms with Gasteiger partial charge in [-0.15, -0.1) is 0 Å². The maximum atomic E-state index is 12.9. The van der Waals surface area contributed by atoms with Crippen LogP contribution in [0.25, 0.3) is 6.08 Å². The number of hydrogen-bond acceptors (Lipinski definition) is 1. The van der Waals surface area contributed by atoms with Gasteiger partial charge in [-0.1, -0.05) is 23.7 Å². The van der Waals surface area contributed by atoms with Gasteiger partial charge in [-0.05, 0) is 30.7 Å². The zero-order chi connectivity index (χ0) is 9.84. The van der Waals surface area contributed by atoms with Crippen LogP contribution < -0.4 is 0 Å². The first-order chi connectivity index (χ1) is 6.09. The van der Waals surface area contributed by atoms with Crippen LogP contribution in [0, 0.1) is 5.82 Å². The molecule has 0 bridgehead atoms. The predicted molar refractivity (Wildman–Crippen MR) is 51.1 cm³/mol. The van der Waals surface area contributed by atoms with Gasteiger partial charge in [0.1, 0.15) is 5.82 Å². The Morgan fingerprint density at radius 2 is 2.23 bits per heavy atom. The van der Waals surface area contributed by atoms with Gasteiger partial charge in [0.25, 0.3) is 0 Å². The van der Waals surface area contributed by atoms with Gasteiger partial charge in [0, 0.05) is 0 Å². The summed E-state index contributed by atoms with van der Waals surface area (Å²) in [5.74, 6) is -0.553. The number of hydrogen-bond donors (Lipinski definition) is 0. The van der Waals surface area contributed by atoms with Crippen molar-refractivity contribution in [2.24, 2.45) is 0 Å². The summed E-state index contributed by atoms with van der Waals surface area (Å²) in [5, 5.41) is 0.0833. The molecule has 1 rings (SSSR count). The lowest BCUT2D eigenvalue weighted by molar-refractivity contribution is -0.112. The van der Waals surface area contributed by atoms with Crippen LogP contribution in [0.3, 0.4) is 0 Å². The average Bonchev–Trinajstić information content (AvgIpc) is 2.07. The van der Waals surface area contributed by atoms with E-state index in [0.29, 0.717) is 5.56 Å². The van der Waals surface area contributed by atoms with Crippen molar-refractivity contribution in [3.63, 3.8) is 0 Å². The largest absolute Gasteiger partial charge is 0.295 e. The van der Waals surface area contributed by atoms with E-state index in [4.69, 9.17) is 11.6 Å². The molecule has 0 spiro atoms. The second-order valence-electron chi connectivity index (χ2n) is 2.62. The number of carbonyl (C=O) groups excluding carboxylic acids is 1. The van der Waals surface area contributed by atoms with E-state index >= 15 is 0 Å². The van der Waals surface area contributed by atoms with E-state index in [1.165, 1.54) is 25.1 Å². The maximum Gasteiger partial charge on any atom is 0.152 e. The molecule has 1 nitrogen and oxygen atoms in total. The number of benzene rings is 1. The second-order valence-corrected chi connectivity index (χ2v) is 3.02. The number of allylic oxidation sites excluding steroid dienone is 1. The van der Waals surface area contributed by atoms with Gasteiger partial charge >= 0.3 is 0 Å². The summed E-state index contributed by atoms with van der Waals surface area (Å²) in [6.45, 7) is 1.43. The molecule has 0 aliphatic heterocycles. The van der Waals surface area contributed by atoms with E-state index in [2.05, 4.69) is 0 Å². The summed E-state index contributed by atoms with van der Waals surface area (Å²) in [4.78, 5) is 10.6. The van der Waals surface area contributed by atoms with Crippen LogP contribution in [0.2, 0.25) is 5.02 Å². The zero-order valence-electron chi connectivity index (χ0n) is 7.05. The van der Waals surface area contributed by atoms with Crippen LogP contribution in [-0.2, 0) is 4.79 Å². The van der Waals surface area contributed by atoms with Crippen molar-refractivity contribution < 1.29 is 9.18 Å². The molecule has 0 amide bonds. The normalized spacial score (nSPS) is 10.7. The highest BCUT2D eigenvalue weighted by Crippen LogP contribution is 2.16. The smallest absolute Gasteiger partial charge is 0.152 e. The lowest BCUT2D eigenvalue weighted by Crippen LogP contribution is -1.82. The summed E-state index contributed by atoms with van der Waals surface area (Å²) in [7, 11) is 0. The molecule has 1 aromatic rings. The zero-order valence-corrected chi connectivity index (χ0v) is 7.81. The maximum absolute atomic E-state index is 12.9. The van der Waals surface area contributed by atoms with Gasteiger partial charge < -0.3 is 0 Å². The Hall–Kier alpha value is -1.15. The second kappa shape index (κ2) is 4.19. The molecule has 0 aromatic heterocycles. The lowest BCUT2D eigenvalue weighted by Gasteiger charge is -1.95. The van der Waals surface area contributed by atoms with E-state index in [1.54, 1.807) is 12.1 Å². The van der Waals surface area contributed by atoms with Crippen molar-refractivity contribution in [3.8, 4) is 0 Å². The van der Waals surface area contributed by atoms with Gasteiger partial charge in [-0.25, -0.2) is 4.39 Å². The van der Waals surface area contributed by atoms with Crippen molar-refractivity contribution in [2.75, 3.05) is 0 Å². The van der Waals surface area contributed by atoms with Crippen molar-refractivity contribution >= 4 is 23.5 Å². The molecule has 0 unspecified atom stereocenters. The monoisotopic (exact) mass is 198 g/mol. The van der Waals surface area contributed by atoms with Gasteiger partial charge in [0.15, 0.2) is 5.78 Å². The molecule has 3 heteroatoms. The third-order valence-corrected chi connectivity index (χ3v) is 1.76. The predicted octanol–water partition coefficient (Wildman–Crippen LogP) is 3.08. The topological polar surface area (TPSA) is 17.1 Å². The van der Waals surface area contributed by atoms with Crippen molar-refractivity contribution in [2.45, 2.75) is 6.92 Å². The Morgan fingerprint density at radius 1 is 1.54 bits per heavy atom. The fraction of sp³-hybridized carbons (Fsp3) is 0.100. The van der Waals surface area contributed by atoms with Crippen molar-refractivity contribution in [1.82, 2.24) is 0 Å². The Kier molecular flexibility index (Phi) is 3.20. The highest BCUT2D eigenvalue weighted by molar-refractivity contribution is 6.30. The highest BCUT2D eigenvalue weighted by atomic mass is 35.5. The summed E-state index contributed by atoms with van der Waals surface area (Å²) in [5.41, 5.74) is 0.622.